The van der Waals surface area contributed by atoms with E-state index in [4.69, 9.17) is 9.15 Å². The molecule has 1 heterocycles. The van der Waals surface area contributed by atoms with Crippen LogP contribution in [0.1, 0.15) is 26.3 Å². The molecule has 3 aromatic carbocycles. The number of nitrogens with zero attached hydrogens (tertiary/aromatic N) is 2. The van der Waals surface area contributed by atoms with Crippen LogP contribution in [0.3, 0.4) is 0 Å². The number of carbonyl (C=O) groups excluding carboxylic acids is 1. The van der Waals surface area contributed by atoms with E-state index in [2.05, 4.69) is 0 Å². The van der Waals surface area contributed by atoms with Gasteiger partial charge in [0.1, 0.15) is 32.0 Å². The van der Waals surface area contributed by atoms with Crippen molar-refractivity contribution in [1.82, 2.24) is 4.58 Å². The molecule has 3 aromatic rings. The SMILES string of the molecule is CN(C)c1ccc2c(-c3cccc(C(=O)OCc4ccccc4)c3C(=O)O)c3ccc(=[N+](C)C)cc-3oc2c1. The lowest BCUT2D eigenvalue weighted by Crippen LogP contribution is -2.21. The van der Waals surface area contributed by atoms with Gasteiger partial charge in [0.2, 0.25) is 5.36 Å². The minimum Gasteiger partial charge on any atom is -0.478 e. The third-order valence-corrected chi connectivity index (χ3v) is 6.70. The molecule has 196 valence electrons. The summed E-state index contributed by atoms with van der Waals surface area (Å²) in [6, 6.07) is 25.8. The molecule has 0 radical (unpaired) electrons. The fraction of sp³-hybridized carbons (Fsp3) is 0.156. The van der Waals surface area contributed by atoms with E-state index in [1.165, 1.54) is 6.07 Å². The maximum absolute atomic E-state index is 13.2. The molecular formula is C32H29N2O5+. The first-order chi connectivity index (χ1) is 18.7. The van der Waals surface area contributed by atoms with Crippen LogP contribution in [0.15, 0.2) is 89.3 Å². The van der Waals surface area contributed by atoms with Gasteiger partial charge < -0.3 is 19.2 Å². The number of aromatic carboxylic acids is 1. The van der Waals surface area contributed by atoms with Crippen molar-refractivity contribution >= 4 is 28.6 Å². The first-order valence-electron chi connectivity index (χ1n) is 12.5. The molecule has 7 nitrogen and oxygen atoms in total. The fourth-order valence-corrected chi connectivity index (χ4v) is 4.68. The molecule has 0 atom stereocenters. The second-order valence-corrected chi connectivity index (χ2v) is 9.72. The van der Waals surface area contributed by atoms with Gasteiger partial charge in [-0.25, -0.2) is 14.2 Å². The fourth-order valence-electron chi connectivity index (χ4n) is 4.68. The zero-order valence-corrected chi connectivity index (χ0v) is 22.3. The highest BCUT2D eigenvalue weighted by atomic mass is 16.5. The Morgan fingerprint density at radius 1 is 0.897 bits per heavy atom. The number of esters is 1. The number of rotatable bonds is 6. The molecule has 0 unspecified atom stereocenters. The topological polar surface area (TPSA) is 83.0 Å². The summed E-state index contributed by atoms with van der Waals surface area (Å²) in [5, 5.41) is 12.1. The van der Waals surface area contributed by atoms with Gasteiger partial charge in [-0.2, -0.15) is 0 Å². The molecular weight excluding hydrogens is 492 g/mol. The van der Waals surface area contributed by atoms with Gasteiger partial charge in [0.25, 0.3) is 0 Å². The van der Waals surface area contributed by atoms with E-state index in [1.54, 1.807) is 12.1 Å². The zero-order valence-electron chi connectivity index (χ0n) is 22.3. The lowest BCUT2D eigenvalue weighted by atomic mass is 9.88. The van der Waals surface area contributed by atoms with Crippen molar-refractivity contribution in [3.63, 3.8) is 0 Å². The average Bonchev–Trinajstić information content (AvgIpc) is 2.93. The number of benzene rings is 4. The quantitative estimate of drug-likeness (QED) is 0.184. The Balaban J connectivity index is 1.75. The Morgan fingerprint density at radius 3 is 2.36 bits per heavy atom. The van der Waals surface area contributed by atoms with Gasteiger partial charge in [-0.3, -0.25) is 0 Å². The highest BCUT2D eigenvalue weighted by Gasteiger charge is 2.27. The van der Waals surface area contributed by atoms with Crippen LogP contribution in [0.2, 0.25) is 0 Å². The molecule has 1 aliphatic heterocycles. The number of hydrogen-bond donors (Lipinski definition) is 1. The molecule has 0 spiro atoms. The van der Waals surface area contributed by atoms with Crippen LogP contribution in [-0.4, -0.2) is 45.2 Å². The van der Waals surface area contributed by atoms with E-state index in [1.807, 2.05) is 104 Å². The number of anilines is 1. The Morgan fingerprint density at radius 2 is 1.67 bits per heavy atom. The Hall–Kier alpha value is -4.91. The van der Waals surface area contributed by atoms with Crippen molar-refractivity contribution in [3.05, 3.63) is 107 Å². The number of fused-ring (bicyclic) bond motifs is 2. The van der Waals surface area contributed by atoms with E-state index >= 15 is 0 Å². The van der Waals surface area contributed by atoms with Crippen molar-refractivity contribution in [2.45, 2.75) is 6.61 Å². The molecule has 39 heavy (non-hydrogen) atoms. The van der Waals surface area contributed by atoms with E-state index in [0.29, 0.717) is 22.5 Å². The summed E-state index contributed by atoms with van der Waals surface area (Å²) in [6.45, 7) is 0.0413. The maximum Gasteiger partial charge on any atom is 0.339 e. The lowest BCUT2D eigenvalue weighted by molar-refractivity contribution is 0.0463. The second kappa shape index (κ2) is 10.5. The van der Waals surface area contributed by atoms with Crippen LogP contribution >= 0.6 is 0 Å². The summed E-state index contributed by atoms with van der Waals surface area (Å²) in [6.07, 6.45) is 0. The molecule has 0 amide bonds. The minimum absolute atomic E-state index is 0.00662. The highest BCUT2D eigenvalue weighted by Crippen LogP contribution is 2.42. The number of carboxylic acid groups (broad SMARTS) is 1. The van der Waals surface area contributed by atoms with E-state index in [0.717, 1.165) is 27.6 Å². The molecule has 0 saturated heterocycles. The molecule has 1 N–H and O–H groups in total. The molecule has 0 saturated carbocycles. The van der Waals surface area contributed by atoms with E-state index < -0.39 is 11.9 Å². The van der Waals surface area contributed by atoms with Crippen molar-refractivity contribution in [1.29, 1.82) is 0 Å². The van der Waals surface area contributed by atoms with Gasteiger partial charge in [-0.15, -0.1) is 0 Å². The van der Waals surface area contributed by atoms with Gasteiger partial charge >= 0.3 is 11.9 Å². The summed E-state index contributed by atoms with van der Waals surface area (Å²) in [7, 11) is 7.78. The Labute approximate surface area is 226 Å². The van der Waals surface area contributed by atoms with E-state index in [-0.39, 0.29) is 17.7 Å². The maximum atomic E-state index is 13.2. The minimum atomic E-state index is -1.21. The van der Waals surface area contributed by atoms with Gasteiger partial charge in [-0.05, 0) is 35.4 Å². The number of hydrogen-bond acceptors (Lipinski definition) is 5. The van der Waals surface area contributed by atoms with Gasteiger partial charge in [0.15, 0.2) is 0 Å². The first-order valence-corrected chi connectivity index (χ1v) is 12.5. The van der Waals surface area contributed by atoms with Crippen LogP contribution in [0.4, 0.5) is 5.69 Å². The van der Waals surface area contributed by atoms with Crippen LogP contribution in [0.5, 0.6) is 0 Å². The van der Waals surface area contributed by atoms with Crippen molar-refractivity contribution in [2.24, 2.45) is 0 Å². The third-order valence-electron chi connectivity index (χ3n) is 6.70. The monoisotopic (exact) mass is 521 g/mol. The van der Waals surface area contributed by atoms with Gasteiger partial charge in [0, 0.05) is 48.4 Å². The predicted molar refractivity (Wildman–Crippen MR) is 152 cm³/mol. The normalized spacial score (nSPS) is 11.0. The van der Waals surface area contributed by atoms with Crippen LogP contribution in [0, 0.1) is 0 Å². The number of carbonyl (C=O) groups is 2. The van der Waals surface area contributed by atoms with Crippen LogP contribution in [0.25, 0.3) is 33.4 Å². The standard InChI is InChI=1S/C32H28N2O5/c1-33(2)21-13-15-23-27(17-21)39-28-18-22(34(3)4)14-16-24(28)29(23)25-11-8-12-26(30(25)31(35)36)32(37)38-19-20-9-6-5-7-10-20/h5-18H,19H2,1-4H3/p+1. The molecule has 0 aromatic heterocycles. The molecule has 0 fully saturated rings. The summed E-state index contributed by atoms with van der Waals surface area (Å²) in [4.78, 5) is 27.9. The van der Waals surface area contributed by atoms with Crippen molar-refractivity contribution < 1.29 is 23.8 Å². The summed E-state index contributed by atoms with van der Waals surface area (Å²) >= 11 is 0. The third kappa shape index (κ3) is 4.99. The molecule has 0 bridgehead atoms. The van der Waals surface area contributed by atoms with Crippen molar-refractivity contribution in [2.75, 3.05) is 33.1 Å². The largest absolute Gasteiger partial charge is 0.478 e. The smallest absolute Gasteiger partial charge is 0.339 e. The average molecular weight is 522 g/mol. The van der Waals surface area contributed by atoms with Crippen LogP contribution in [-0.2, 0) is 11.3 Å². The Kier molecular flexibility index (Phi) is 6.90. The number of carboxylic acids is 1. The van der Waals surface area contributed by atoms with Gasteiger partial charge in [0.05, 0.1) is 17.2 Å². The molecule has 7 heteroatoms. The summed E-state index contributed by atoms with van der Waals surface area (Å²) in [5.74, 6) is -1.31. The summed E-state index contributed by atoms with van der Waals surface area (Å²) in [5.41, 5.74) is 4.07. The Bertz CT molecular complexity index is 1750. The van der Waals surface area contributed by atoms with Crippen LogP contribution < -0.4 is 14.8 Å². The highest BCUT2D eigenvalue weighted by molar-refractivity contribution is 6.12. The predicted octanol–water partition coefficient (Wildman–Crippen LogP) is 5.36. The lowest BCUT2D eigenvalue weighted by Gasteiger charge is -2.19. The molecule has 5 rings (SSSR count). The van der Waals surface area contributed by atoms with Gasteiger partial charge in [-0.1, -0.05) is 42.5 Å². The second-order valence-electron chi connectivity index (χ2n) is 9.72. The number of ether oxygens (including phenoxy) is 1. The molecule has 1 aliphatic carbocycles. The zero-order chi connectivity index (χ0) is 27.7. The van der Waals surface area contributed by atoms with E-state index in [9.17, 15) is 14.7 Å². The first kappa shape index (κ1) is 25.7. The van der Waals surface area contributed by atoms with Crippen molar-refractivity contribution in [3.8, 4) is 22.5 Å². The summed E-state index contributed by atoms with van der Waals surface area (Å²) < 4.78 is 13.9. The molecule has 2 aliphatic rings.